The molecule has 2 aliphatic heterocycles. The molecule has 3 N–H and O–H groups in total. The van der Waals surface area contributed by atoms with Gasteiger partial charge in [-0.1, -0.05) is 6.42 Å². The second kappa shape index (κ2) is 7.34. The molecule has 4 atom stereocenters. The Morgan fingerprint density at radius 3 is 2.63 bits per heavy atom. The zero-order chi connectivity index (χ0) is 19.9. The Bertz CT molecular complexity index is 741. The molecule has 1 saturated carbocycles. The van der Waals surface area contributed by atoms with E-state index in [1.165, 1.54) is 4.90 Å². The van der Waals surface area contributed by atoms with Crippen molar-refractivity contribution in [3.05, 3.63) is 0 Å². The van der Waals surface area contributed by atoms with Crippen LogP contribution < -0.4 is 5.32 Å². The Hall–Kier alpha value is -1.76. The number of fused-ring (bicyclic) bond motifs is 2. The highest BCUT2D eigenvalue weighted by Gasteiger charge is 2.49. The van der Waals surface area contributed by atoms with Crippen molar-refractivity contribution < 1.29 is 26.8 Å². The first kappa shape index (κ1) is 20.0. The molecule has 27 heavy (non-hydrogen) atoms. The van der Waals surface area contributed by atoms with Gasteiger partial charge >= 0.3 is 16.4 Å². The fourth-order valence-corrected chi connectivity index (χ4v) is 4.69. The summed E-state index contributed by atoms with van der Waals surface area (Å²) in [5, 5.41) is 11.5. The molecule has 3 fully saturated rings. The fraction of sp³-hybridized carbons (Fsp3) is 0.800. The van der Waals surface area contributed by atoms with Gasteiger partial charge in [0.2, 0.25) is 5.91 Å². The van der Waals surface area contributed by atoms with Crippen LogP contribution in [0.15, 0.2) is 0 Å². The molecule has 3 amide bonds. The number of nitrogens with zero attached hydrogens (tertiary/aromatic N) is 3. The van der Waals surface area contributed by atoms with Crippen LogP contribution in [0.2, 0.25) is 0 Å². The third kappa shape index (κ3) is 4.08. The summed E-state index contributed by atoms with van der Waals surface area (Å²) in [6.45, 7) is 0.168. The number of hydroxylamine groups is 2. The highest BCUT2D eigenvalue weighted by atomic mass is 32.3. The van der Waals surface area contributed by atoms with Gasteiger partial charge in [0.25, 0.3) is 0 Å². The van der Waals surface area contributed by atoms with Gasteiger partial charge in [0, 0.05) is 12.6 Å². The maximum atomic E-state index is 12.6. The lowest BCUT2D eigenvalue weighted by molar-refractivity contribution is -0.124. The Balaban J connectivity index is 1.65. The number of hydrogen-bond donors (Lipinski definition) is 3. The predicted molar refractivity (Wildman–Crippen MR) is 94.1 cm³/mol. The SMILES string of the molecule is CN(C)C1CCCC1C(=O)NC(=N)C1CCC2CN1C(=O)N2OS(=O)(=O)O. The molecule has 2 saturated heterocycles. The third-order valence-corrected chi connectivity index (χ3v) is 5.92. The summed E-state index contributed by atoms with van der Waals surface area (Å²) in [6, 6.07) is -1.80. The lowest BCUT2D eigenvalue weighted by Gasteiger charge is -2.32. The first-order valence-corrected chi connectivity index (χ1v) is 10.3. The number of nitrogens with one attached hydrogen (secondary N) is 2. The van der Waals surface area contributed by atoms with E-state index in [1.807, 2.05) is 19.0 Å². The molecule has 1 aliphatic carbocycles. The van der Waals surface area contributed by atoms with Gasteiger partial charge in [-0.2, -0.15) is 13.5 Å². The zero-order valence-corrected chi connectivity index (χ0v) is 16.1. The highest BCUT2D eigenvalue weighted by Crippen LogP contribution is 2.32. The average Bonchev–Trinajstić information content (AvgIpc) is 3.14. The van der Waals surface area contributed by atoms with Crippen molar-refractivity contribution in [2.24, 2.45) is 5.92 Å². The Kier molecular flexibility index (Phi) is 5.43. The molecule has 152 valence electrons. The molecule has 4 unspecified atom stereocenters. The van der Waals surface area contributed by atoms with Gasteiger partial charge in [-0.25, -0.2) is 4.79 Å². The second-order valence-electron chi connectivity index (χ2n) is 7.48. The van der Waals surface area contributed by atoms with Crippen LogP contribution in [-0.4, -0.2) is 84.4 Å². The number of urea groups is 1. The van der Waals surface area contributed by atoms with E-state index < -0.39 is 28.5 Å². The summed E-state index contributed by atoms with van der Waals surface area (Å²) in [5.41, 5.74) is 0. The van der Waals surface area contributed by atoms with E-state index in [9.17, 15) is 18.0 Å². The van der Waals surface area contributed by atoms with E-state index >= 15 is 0 Å². The topological polar surface area (TPSA) is 143 Å². The number of amidine groups is 1. The number of rotatable bonds is 5. The molecule has 0 aromatic carbocycles. The van der Waals surface area contributed by atoms with E-state index in [0.29, 0.717) is 17.9 Å². The van der Waals surface area contributed by atoms with Crippen LogP contribution in [-0.2, 0) is 19.5 Å². The number of carbonyl (C=O) groups excluding carboxylic acids is 2. The van der Waals surface area contributed by atoms with Crippen LogP contribution >= 0.6 is 0 Å². The minimum Gasteiger partial charge on any atom is -0.313 e. The van der Waals surface area contributed by atoms with Crippen LogP contribution in [0, 0.1) is 11.3 Å². The largest absolute Gasteiger partial charge is 0.418 e. The molecule has 3 rings (SSSR count). The van der Waals surface area contributed by atoms with E-state index in [0.717, 1.165) is 19.3 Å². The first-order valence-electron chi connectivity index (χ1n) is 8.91. The smallest absolute Gasteiger partial charge is 0.313 e. The van der Waals surface area contributed by atoms with Crippen LogP contribution in [0.3, 0.4) is 0 Å². The molecule has 11 nitrogen and oxygen atoms in total. The zero-order valence-electron chi connectivity index (χ0n) is 15.3. The van der Waals surface area contributed by atoms with Gasteiger partial charge in [0.15, 0.2) is 0 Å². The van der Waals surface area contributed by atoms with Crippen molar-refractivity contribution in [2.45, 2.75) is 50.2 Å². The third-order valence-electron chi connectivity index (χ3n) is 5.57. The molecule has 12 heteroatoms. The molecular weight excluding hydrogens is 378 g/mol. The van der Waals surface area contributed by atoms with E-state index in [1.54, 1.807) is 0 Å². The number of amides is 3. The lowest BCUT2D eigenvalue weighted by Crippen LogP contribution is -2.52. The molecule has 2 bridgehead atoms. The Morgan fingerprint density at radius 2 is 2.00 bits per heavy atom. The first-order chi connectivity index (χ1) is 12.6. The van der Waals surface area contributed by atoms with E-state index in [-0.39, 0.29) is 30.2 Å². The van der Waals surface area contributed by atoms with E-state index in [4.69, 9.17) is 9.96 Å². The van der Waals surface area contributed by atoms with Crippen LogP contribution in [0.25, 0.3) is 0 Å². The number of carbonyl (C=O) groups is 2. The molecule has 2 heterocycles. The molecule has 0 spiro atoms. The summed E-state index contributed by atoms with van der Waals surface area (Å²) >= 11 is 0. The van der Waals surface area contributed by atoms with E-state index in [2.05, 4.69) is 9.60 Å². The lowest BCUT2D eigenvalue weighted by atomic mass is 9.98. The van der Waals surface area contributed by atoms with Crippen LogP contribution in [0.4, 0.5) is 4.79 Å². The summed E-state index contributed by atoms with van der Waals surface area (Å²) in [4.78, 5) is 28.3. The number of hydrogen-bond acceptors (Lipinski definition) is 7. The molecular formula is C15H25N5O6S. The summed E-state index contributed by atoms with van der Waals surface area (Å²) < 4.78 is 35.1. The van der Waals surface area contributed by atoms with Gasteiger partial charge in [-0.15, -0.1) is 4.28 Å². The maximum absolute atomic E-state index is 12.6. The van der Waals surface area contributed by atoms with Crippen molar-refractivity contribution in [1.29, 1.82) is 5.41 Å². The van der Waals surface area contributed by atoms with Crippen molar-refractivity contribution in [1.82, 2.24) is 20.2 Å². The summed E-state index contributed by atoms with van der Waals surface area (Å²) in [5.74, 6) is -0.508. The van der Waals surface area contributed by atoms with Gasteiger partial charge in [-0.3, -0.25) is 14.8 Å². The van der Waals surface area contributed by atoms with Gasteiger partial charge in [0.05, 0.1) is 18.0 Å². The number of piperidine rings is 1. The normalized spacial score (nSPS) is 30.9. The molecule has 0 radical (unpaired) electrons. The quantitative estimate of drug-likeness (QED) is 0.328. The van der Waals surface area contributed by atoms with Gasteiger partial charge in [0.1, 0.15) is 5.84 Å². The van der Waals surface area contributed by atoms with Gasteiger partial charge < -0.3 is 15.1 Å². The fourth-order valence-electron chi connectivity index (χ4n) is 4.30. The summed E-state index contributed by atoms with van der Waals surface area (Å²) in [6.07, 6.45) is 3.42. The monoisotopic (exact) mass is 403 g/mol. The van der Waals surface area contributed by atoms with Crippen molar-refractivity contribution in [3.8, 4) is 0 Å². The summed E-state index contributed by atoms with van der Waals surface area (Å²) in [7, 11) is -0.959. The minimum absolute atomic E-state index is 0.0788. The van der Waals surface area contributed by atoms with Crippen LogP contribution in [0.5, 0.6) is 0 Å². The van der Waals surface area contributed by atoms with Crippen molar-refractivity contribution in [2.75, 3.05) is 20.6 Å². The minimum atomic E-state index is -4.81. The molecule has 3 aliphatic rings. The van der Waals surface area contributed by atoms with Crippen LogP contribution in [0.1, 0.15) is 32.1 Å². The maximum Gasteiger partial charge on any atom is 0.418 e. The highest BCUT2D eigenvalue weighted by molar-refractivity contribution is 7.80. The Morgan fingerprint density at radius 1 is 1.30 bits per heavy atom. The second-order valence-corrected chi connectivity index (χ2v) is 8.49. The van der Waals surface area contributed by atoms with Gasteiger partial charge in [-0.05, 0) is 39.8 Å². The molecule has 0 aromatic rings. The van der Waals surface area contributed by atoms with Crippen molar-refractivity contribution in [3.63, 3.8) is 0 Å². The predicted octanol–water partition coefficient (Wildman–Crippen LogP) is -0.187. The standard InChI is InChI=1S/C15H25N5O6S/c1-18(2)11-5-3-4-10(11)14(21)17-13(16)12-7-6-9-8-19(12)15(22)20(9)26-27(23,24)25/h9-12H,3-8H2,1-2H3,(H2,16,17,21)(H,23,24,25). The average molecular weight is 403 g/mol. The Labute approximate surface area is 158 Å². The molecule has 0 aromatic heterocycles. The van der Waals surface area contributed by atoms with Crippen molar-refractivity contribution >= 4 is 28.2 Å².